The molecule has 0 unspecified atom stereocenters. The number of likely N-dealkylation sites (N-methyl/N-ethyl adjacent to an activating group) is 1. The lowest BCUT2D eigenvalue weighted by atomic mass is 9.96. The Bertz CT molecular complexity index is 1190. The molecule has 3 atom stereocenters. The molecule has 2 rings (SSSR count). The van der Waals surface area contributed by atoms with Gasteiger partial charge in [0.15, 0.2) is 0 Å². The zero-order valence-electron chi connectivity index (χ0n) is 22.3. The van der Waals surface area contributed by atoms with Gasteiger partial charge >= 0.3 is 0 Å². The second-order valence-electron chi connectivity index (χ2n) is 9.36. The lowest BCUT2D eigenvalue weighted by Crippen LogP contribution is -2.56. The normalized spacial score (nSPS) is 13.1. The highest BCUT2D eigenvalue weighted by Crippen LogP contribution is 2.22. The maximum Gasteiger partial charge on any atom is 0.245 e. The molecule has 0 aliphatic heterocycles. The molecule has 2 aromatic rings. The van der Waals surface area contributed by atoms with Gasteiger partial charge in [-0.15, -0.1) is 0 Å². The monoisotopic (exact) mass is 523 g/mol. The van der Waals surface area contributed by atoms with Gasteiger partial charge in [-0.1, -0.05) is 36.9 Å². The summed E-state index contributed by atoms with van der Waals surface area (Å²) >= 11 is 0. The van der Waals surface area contributed by atoms with E-state index in [1.165, 1.54) is 18.9 Å². The molecule has 4 amide bonds. The van der Waals surface area contributed by atoms with Crippen LogP contribution in [0.5, 0.6) is 5.75 Å². The smallest absolute Gasteiger partial charge is 0.245 e. The molecule has 0 heterocycles. The Morgan fingerprint density at radius 1 is 1.08 bits per heavy atom. The molecule has 0 fully saturated rings. The van der Waals surface area contributed by atoms with Crippen molar-refractivity contribution in [2.24, 2.45) is 11.5 Å². The molecule has 0 aromatic heterocycles. The predicted molar refractivity (Wildman–Crippen MR) is 146 cm³/mol. The number of hydrogen-bond donors (Lipinski definition) is 5. The number of phenols is 1. The first-order chi connectivity index (χ1) is 17.8. The average Bonchev–Trinajstić information content (AvgIpc) is 2.86. The number of hydrogen-bond acceptors (Lipinski definition) is 6. The van der Waals surface area contributed by atoms with E-state index in [0.29, 0.717) is 0 Å². The van der Waals surface area contributed by atoms with Crippen molar-refractivity contribution in [1.82, 2.24) is 15.5 Å². The van der Waals surface area contributed by atoms with Crippen LogP contribution in [0.3, 0.4) is 0 Å². The van der Waals surface area contributed by atoms with Gasteiger partial charge in [-0.25, -0.2) is 0 Å². The maximum atomic E-state index is 13.3. The second-order valence-corrected chi connectivity index (χ2v) is 9.36. The van der Waals surface area contributed by atoms with Crippen molar-refractivity contribution >= 4 is 29.7 Å². The highest BCUT2D eigenvalue weighted by Gasteiger charge is 2.31. The van der Waals surface area contributed by atoms with Crippen molar-refractivity contribution < 1.29 is 24.3 Å². The third-order valence-corrected chi connectivity index (χ3v) is 6.41. The van der Waals surface area contributed by atoms with E-state index in [0.717, 1.165) is 27.8 Å². The minimum Gasteiger partial charge on any atom is -0.508 e. The number of nitrogens with one attached hydrogen (secondary N) is 2. The highest BCUT2D eigenvalue weighted by molar-refractivity contribution is 5.94. The third kappa shape index (κ3) is 7.91. The van der Waals surface area contributed by atoms with Crippen LogP contribution in [0.1, 0.15) is 34.7 Å². The third-order valence-electron chi connectivity index (χ3n) is 6.41. The van der Waals surface area contributed by atoms with Crippen LogP contribution in [0.15, 0.2) is 43.0 Å². The molecule has 0 saturated carbocycles. The molecule has 0 bridgehead atoms. The number of carbonyl (C=O) groups excluding carboxylic acids is 4. The van der Waals surface area contributed by atoms with E-state index in [1.54, 1.807) is 18.2 Å². The molecular weight excluding hydrogens is 486 g/mol. The van der Waals surface area contributed by atoms with Gasteiger partial charge in [0, 0.05) is 13.5 Å². The van der Waals surface area contributed by atoms with Gasteiger partial charge < -0.3 is 32.1 Å². The number of carbonyl (C=O) groups is 4. The second kappa shape index (κ2) is 13.4. The Morgan fingerprint density at radius 2 is 1.68 bits per heavy atom. The fraction of sp³-hybridized carbons (Fsp3) is 0.357. The van der Waals surface area contributed by atoms with E-state index in [2.05, 4.69) is 17.2 Å². The van der Waals surface area contributed by atoms with Gasteiger partial charge in [-0.05, 0) is 67.1 Å². The summed E-state index contributed by atoms with van der Waals surface area (Å²) in [5.74, 6) is -2.19. The summed E-state index contributed by atoms with van der Waals surface area (Å²) in [6.45, 7) is 8.57. The summed E-state index contributed by atoms with van der Waals surface area (Å²) < 4.78 is 0. The van der Waals surface area contributed by atoms with Gasteiger partial charge in [-0.3, -0.25) is 19.2 Å². The number of nitrogens with two attached hydrogens (primary N) is 2. The molecule has 0 saturated heterocycles. The molecule has 7 N–H and O–H groups in total. The first-order valence-corrected chi connectivity index (χ1v) is 12.2. The number of phenolic OH excluding ortho intramolecular Hbond substituents is 1. The molecule has 0 aliphatic carbocycles. The van der Waals surface area contributed by atoms with Crippen LogP contribution >= 0.6 is 0 Å². The Morgan fingerprint density at radius 3 is 2.26 bits per heavy atom. The van der Waals surface area contributed by atoms with E-state index < -0.39 is 41.8 Å². The largest absolute Gasteiger partial charge is 0.508 e. The minimum absolute atomic E-state index is 0.133. The maximum absolute atomic E-state index is 13.3. The Kier molecular flexibility index (Phi) is 10.6. The van der Waals surface area contributed by atoms with Crippen molar-refractivity contribution in [3.8, 4) is 5.75 Å². The van der Waals surface area contributed by atoms with E-state index in [9.17, 15) is 24.3 Å². The van der Waals surface area contributed by atoms with Gasteiger partial charge in [0.25, 0.3) is 0 Å². The summed E-state index contributed by atoms with van der Waals surface area (Å²) in [4.78, 5) is 51.5. The fourth-order valence-electron chi connectivity index (χ4n) is 4.27. The Labute approximate surface area is 223 Å². The molecular formula is C28H37N5O5. The Hall–Kier alpha value is -4.18. The van der Waals surface area contributed by atoms with Crippen LogP contribution in [0.2, 0.25) is 0 Å². The zero-order valence-corrected chi connectivity index (χ0v) is 22.3. The van der Waals surface area contributed by atoms with E-state index in [1.807, 2.05) is 38.1 Å². The van der Waals surface area contributed by atoms with E-state index in [-0.39, 0.29) is 25.1 Å². The summed E-state index contributed by atoms with van der Waals surface area (Å²) in [7, 11) is 1.46. The number of aryl methyl sites for hydroxylation is 2. The minimum atomic E-state index is -0.988. The molecule has 204 valence electrons. The molecule has 2 aromatic carbocycles. The first kappa shape index (κ1) is 30.0. The standard InChI is InChI=1S/C28H37N5O5/c1-6-19-9-7-8-10-20(19)13-24(27(37)31-15-25(30)35)33(5)28(38)18(4)32-26(36)23(29)14-22-16(2)11-21(34)12-17(22)3/h6-12,18,23-24,34H,1,13-15,29H2,2-5H3,(H2,30,35)(H,31,37)(H,32,36)/t18-,23+,24+/m1/s1. The van der Waals surface area contributed by atoms with Gasteiger partial charge in [0.1, 0.15) is 17.8 Å². The molecule has 0 spiro atoms. The molecule has 38 heavy (non-hydrogen) atoms. The zero-order chi connectivity index (χ0) is 28.6. The van der Waals surface area contributed by atoms with Crippen LogP contribution in [-0.2, 0) is 32.0 Å². The summed E-state index contributed by atoms with van der Waals surface area (Å²) in [6.07, 6.45) is 2.02. The van der Waals surface area contributed by atoms with Crippen LogP contribution in [-0.4, -0.2) is 65.4 Å². The SMILES string of the molecule is C=Cc1ccccc1C[C@@H](C(=O)NCC(N)=O)N(C)C(=O)[C@@H](C)NC(=O)[C@@H](N)Cc1c(C)cc(O)cc1C. The number of aromatic hydroxyl groups is 1. The van der Waals surface area contributed by atoms with Gasteiger partial charge in [0.05, 0.1) is 12.6 Å². The number of nitrogens with zero attached hydrogens (tertiary/aromatic N) is 1. The molecule has 0 radical (unpaired) electrons. The van der Waals surface area contributed by atoms with Gasteiger partial charge in [-0.2, -0.15) is 0 Å². The van der Waals surface area contributed by atoms with Crippen LogP contribution < -0.4 is 22.1 Å². The van der Waals surface area contributed by atoms with Crippen molar-refractivity contribution in [3.05, 3.63) is 70.8 Å². The van der Waals surface area contributed by atoms with E-state index in [4.69, 9.17) is 11.5 Å². The average molecular weight is 524 g/mol. The quantitative estimate of drug-likeness (QED) is 0.274. The number of primary amides is 1. The topological polar surface area (TPSA) is 168 Å². The van der Waals surface area contributed by atoms with Crippen LogP contribution in [0.4, 0.5) is 0 Å². The fourth-order valence-corrected chi connectivity index (χ4v) is 4.27. The van der Waals surface area contributed by atoms with Crippen molar-refractivity contribution in [2.75, 3.05) is 13.6 Å². The van der Waals surface area contributed by atoms with Crippen molar-refractivity contribution in [3.63, 3.8) is 0 Å². The van der Waals surface area contributed by atoms with Crippen molar-refractivity contribution in [2.45, 2.75) is 51.7 Å². The lowest BCUT2D eigenvalue weighted by molar-refractivity contribution is -0.141. The lowest BCUT2D eigenvalue weighted by Gasteiger charge is -2.30. The molecule has 0 aliphatic rings. The summed E-state index contributed by atoms with van der Waals surface area (Å²) in [6, 6.07) is 7.59. The summed E-state index contributed by atoms with van der Waals surface area (Å²) in [5.41, 5.74) is 15.3. The first-order valence-electron chi connectivity index (χ1n) is 12.2. The van der Waals surface area contributed by atoms with Crippen LogP contribution in [0.25, 0.3) is 6.08 Å². The van der Waals surface area contributed by atoms with Gasteiger partial charge in [0.2, 0.25) is 23.6 Å². The Balaban J connectivity index is 2.17. The number of amides is 4. The predicted octanol–water partition coefficient (Wildman–Crippen LogP) is 0.698. The molecule has 10 nitrogen and oxygen atoms in total. The highest BCUT2D eigenvalue weighted by atomic mass is 16.3. The van der Waals surface area contributed by atoms with Crippen LogP contribution in [0, 0.1) is 13.8 Å². The number of benzene rings is 2. The van der Waals surface area contributed by atoms with Crippen molar-refractivity contribution in [1.29, 1.82) is 0 Å². The summed E-state index contributed by atoms with van der Waals surface area (Å²) in [5, 5.41) is 14.8. The van der Waals surface area contributed by atoms with E-state index >= 15 is 0 Å². The number of rotatable bonds is 12. The molecule has 10 heteroatoms.